The molecule has 9 heavy (non-hydrogen) atoms. The molecule has 0 aromatic rings. The van der Waals surface area contributed by atoms with Crippen molar-refractivity contribution in [3.05, 3.63) is 10.2 Å². The van der Waals surface area contributed by atoms with Crippen LogP contribution in [0, 0.1) is 16.7 Å². The van der Waals surface area contributed by atoms with Gasteiger partial charge in [0.1, 0.15) is 17.5 Å². The van der Waals surface area contributed by atoms with Crippen molar-refractivity contribution < 1.29 is 0 Å². The summed E-state index contributed by atoms with van der Waals surface area (Å²) in [7, 11) is 0. The van der Waals surface area contributed by atoms with Gasteiger partial charge >= 0.3 is 0 Å². The van der Waals surface area contributed by atoms with Gasteiger partial charge in [-0.05, 0) is 15.9 Å². The Bertz CT molecular complexity index is 195. The number of rotatable bonds is 1. The Hall–Kier alpha value is -1.02. The predicted octanol–water partition coefficient (Wildman–Crippen LogP) is 0.0111. The van der Waals surface area contributed by atoms with Crippen LogP contribution in [0.3, 0.4) is 0 Å². The Morgan fingerprint density at radius 3 is 2.00 bits per heavy atom. The molecule has 0 amide bonds. The normalized spacial score (nSPS) is 11.6. The fraction of sp³-hybridized carbons (Fsp3) is 0. The van der Waals surface area contributed by atoms with Gasteiger partial charge in [-0.2, -0.15) is 5.26 Å². The van der Waals surface area contributed by atoms with Gasteiger partial charge in [0.25, 0.3) is 0 Å². The third kappa shape index (κ3) is 2.15. The predicted molar refractivity (Wildman–Crippen MR) is 37.7 cm³/mol. The molecule has 0 heterocycles. The number of nitriles is 1. The largest absolute Gasteiger partial charge is 0.392 e. The maximum absolute atomic E-state index is 8.23. The van der Waals surface area contributed by atoms with Gasteiger partial charge in [-0.25, -0.2) is 0 Å². The average molecular weight is 189 g/mol. The van der Waals surface area contributed by atoms with Crippen molar-refractivity contribution in [1.29, 1.82) is 10.7 Å². The second-order valence-electron chi connectivity index (χ2n) is 1.25. The van der Waals surface area contributed by atoms with E-state index in [1.807, 2.05) is 0 Å². The lowest BCUT2D eigenvalue weighted by Gasteiger charge is -1.92. The van der Waals surface area contributed by atoms with E-state index in [0.717, 1.165) is 0 Å². The molecule has 0 radical (unpaired) electrons. The molecular weight excluding hydrogens is 184 g/mol. The second kappa shape index (κ2) is 3.10. The van der Waals surface area contributed by atoms with E-state index in [0.29, 0.717) is 0 Å². The molecule has 0 aromatic heterocycles. The van der Waals surface area contributed by atoms with Crippen LogP contribution < -0.4 is 11.5 Å². The molecule has 0 rings (SSSR count). The minimum absolute atomic E-state index is 0.0324. The van der Waals surface area contributed by atoms with Crippen LogP contribution in [0.1, 0.15) is 0 Å². The maximum Gasteiger partial charge on any atom is 0.136 e. The Labute approximate surface area is 60.8 Å². The summed E-state index contributed by atoms with van der Waals surface area (Å²) in [6.07, 6.45) is 0. The monoisotopic (exact) mass is 188 g/mol. The van der Waals surface area contributed by atoms with Crippen LogP contribution in [0.15, 0.2) is 10.2 Å². The van der Waals surface area contributed by atoms with Crippen LogP contribution >= 0.6 is 15.9 Å². The summed E-state index contributed by atoms with van der Waals surface area (Å²) < 4.78 is 0.0949. The van der Waals surface area contributed by atoms with Gasteiger partial charge in [0.05, 0.1) is 4.61 Å². The Balaban J connectivity index is 4.62. The zero-order valence-electron chi connectivity index (χ0n) is 4.48. The van der Waals surface area contributed by atoms with Crippen LogP contribution in [0.25, 0.3) is 0 Å². The molecule has 4 nitrogen and oxygen atoms in total. The number of hydrogen-bond donors (Lipinski definition) is 3. The highest BCUT2D eigenvalue weighted by molar-refractivity contribution is 9.11. The van der Waals surface area contributed by atoms with Crippen LogP contribution in [0.5, 0.6) is 0 Å². The molecule has 5 N–H and O–H groups in total. The quantitative estimate of drug-likeness (QED) is 0.234. The van der Waals surface area contributed by atoms with Crippen molar-refractivity contribution >= 4 is 21.8 Å². The summed E-state index contributed by atoms with van der Waals surface area (Å²) in [6, 6.07) is 1.66. The SMILES string of the molecule is N#C/C(C(=N)N)=C(\N)Br. The summed E-state index contributed by atoms with van der Waals surface area (Å²) in [6.45, 7) is 0. The highest BCUT2D eigenvalue weighted by Gasteiger charge is 2.01. The first-order valence-electron chi connectivity index (χ1n) is 1.99. The second-order valence-corrected chi connectivity index (χ2v) is 2.10. The standard InChI is InChI=1S/C4H5BrN4/c5-3(7)2(1-6)4(8)9/h7H2,(H3,8,9)/b3-2+. The molecule has 0 atom stereocenters. The Morgan fingerprint density at radius 2 is 2.00 bits per heavy atom. The van der Waals surface area contributed by atoms with E-state index in [1.165, 1.54) is 0 Å². The molecule has 0 aromatic carbocycles. The van der Waals surface area contributed by atoms with Crippen LogP contribution in [0.2, 0.25) is 0 Å². The summed E-state index contributed by atoms with van der Waals surface area (Å²) >= 11 is 2.82. The molecule has 0 fully saturated rings. The molecule has 0 bridgehead atoms. The number of amidine groups is 1. The van der Waals surface area contributed by atoms with Gasteiger partial charge in [-0.15, -0.1) is 0 Å². The number of nitrogens with one attached hydrogen (secondary N) is 1. The number of hydrogen-bond acceptors (Lipinski definition) is 3. The minimum atomic E-state index is -0.327. The molecule has 0 aliphatic heterocycles. The lowest BCUT2D eigenvalue weighted by atomic mass is 10.3. The molecule has 5 heteroatoms. The van der Waals surface area contributed by atoms with Crippen LogP contribution in [-0.4, -0.2) is 5.84 Å². The van der Waals surface area contributed by atoms with Gasteiger partial charge in [-0.3, -0.25) is 5.41 Å². The highest BCUT2D eigenvalue weighted by atomic mass is 79.9. The topological polar surface area (TPSA) is 99.7 Å². The van der Waals surface area contributed by atoms with Crippen molar-refractivity contribution in [3.8, 4) is 6.07 Å². The average Bonchev–Trinajstić information content (AvgIpc) is 1.64. The van der Waals surface area contributed by atoms with Crippen LogP contribution in [0.4, 0.5) is 0 Å². The summed E-state index contributed by atoms with van der Waals surface area (Å²) in [4.78, 5) is 0. The van der Waals surface area contributed by atoms with E-state index < -0.39 is 0 Å². The van der Waals surface area contributed by atoms with Crippen molar-refractivity contribution in [2.24, 2.45) is 11.5 Å². The van der Waals surface area contributed by atoms with E-state index in [1.54, 1.807) is 6.07 Å². The first-order chi connectivity index (χ1) is 4.09. The maximum atomic E-state index is 8.23. The van der Waals surface area contributed by atoms with Crippen molar-refractivity contribution in [1.82, 2.24) is 0 Å². The molecule has 0 saturated heterocycles. The van der Waals surface area contributed by atoms with E-state index in [-0.39, 0.29) is 16.0 Å². The third-order valence-corrected chi connectivity index (χ3v) is 1.02. The highest BCUT2D eigenvalue weighted by Crippen LogP contribution is 2.02. The molecule has 0 aliphatic rings. The summed E-state index contributed by atoms with van der Waals surface area (Å²) in [5, 5.41) is 15.0. The number of nitrogens with two attached hydrogens (primary N) is 2. The first kappa shape index (κ1) is 7.98. The first-order valence-corrected chi connectivity index (χ1v) is 2.78. The molecular formula is C4H5BrN4. The van der Waals surface area contributed by atoms with Crippen molar-refractivity contribution in [2.75, 3.05) is 0 Å². The third-order valence-electron chi connectivity index (χ3n) is 0.620. The molecule has 48 valence electrons. The van der Waals surface area contributed by atoms with Gasteiger partial charge in [-0.1, -0.05) is 0 Å². The Morgan fingerprint density at radius 1 is 1.56 bits per heavy atom. The number of nitrogens with zero attached hydrogens (tertiary/aromatic N) is 1. The molecule has 0 aliphatic carbocycles. The molecule has 0 spiro atoms. The fourth-order valence-electron chi connectivity index (χ4n) is 0.242. The van der Waals surface area contributed by atoms with Crippen molar-refractivity contribution in [3.63, 3.8) is 0 Å². The van der Waals surface area contributed by atoms with Gasteiger partial charge < -0.3 is 11.5 Å². The summed E-state index contributed by atoms with van der Waals surface area (Å²) in [5.41, 5.74) is 10.0. The van der Waals surface area contributed by atoms with E-state index in [9.17, 15) is 0 Å². The number of halogens is 1. The van der Waals surface area contributed by atoms with E-state index >= 15 is 0 Å². The van der Waals surface area contributed by atoms with Crippen LogP contribution in [-0.2, 0) is 0 Å². The van der Waals surface area contributed by atoms with Gasteiger partial charge in [0, 0.05) is 0 Å². The van der Waals surface area contributed by atoms with Gasteiger partial charge in [0.15, 0.2) is 0 Å². The lowest BCUT2D eigenvalue weighted by Crippen LogP contribution is -2.14. The fourth-order valence-corrected chi connectivity index (χ4v) is 0.545. The smallest absolute Gasteiger partial charge is 0.136 e. The van der Waals surface area contributed by atoms with E-state index in [2.05, 4.69) is 15.9 Å². The zero-order valence-corrected chi connectivity index (χ0v) is 6.07. The molecule has 0 saturated carbocycles. The van der Waals surface area contributed by atoms with E-state index in [4.69, 9.17) is 22.1 Å². The Kier molecular flexibility index (Phi) is 2.74. The summed E-state index contributed by atoms with van der Waals surface area (Å²) in [5.74, 6) is -0.327. The van der Waals surface area contributed by atoms with Crippen molar-refractivity contribution in [2.45, 2.75) is 0 Å². The lowest BCUT2D eigenvalue weighted by molar-refractivity contribution is 1.39. The van der Waals surface area contributed by atoms with Gasteiger partial charge in [0.2, 0.25) is 0 Å². The zero-order chi connectivity index (χ0) is 7.44. The minimum Gasteiger partial charge on any atom is -0.392 e. The molecule has 0 unspecified atom stereocenters.